The molecule has 1 aromatic rings. The molecule has 1 aromatic heterocycles. The number of nitrogens with two attached hydrogens (primary N) is 1. The van der Waals surface area contributed by atoms with Gasteiger partial charge in [-0.3, -0.25) is 0 Å². The van der Waals surface area contributed by atoms with E-state index in [9.17, 15) is 0 Å². The molecule has 2 N–H and O–H groups in total. The minimum atomic E-state index is 0.132. The lowest BCUT2D eigenvalue weighted by atomic mass is 9.79. The van der Waals surface area contributed by atoms with Crippen LogP contribution in [0.2, 0.25) is 0 Å². The molecule has 4 atom stereocenters. The van der Waals surface area contributed by atoms with E-state index >= 15 is 0 Å². The highest BCUT2D eigenvalue weighted by Gasteiger charge is 2.27. The summed E-state index contributed by atoms with van der Waals surface area (Å²) in [7, 11) is 0. The Balaban J connectivity index is 2.15. The third kappa shape index (κ3) is 2.54. The van der Waals surface area contributed by atoms with Crippen molar-refractivity contribution in [2.75, 3.05) is 0 Å². The van der Waals surface area contributed by atoms with E-state index in [-0.39, 0.29) is 6.04 Å². The van der Waals surface area contributed by atoms with Crippen LogP contribution in [0.25, 0.3) is 0 Å². The van der Waals surface area contributed by atoms with E-state index in [1.807, 2.05) is 12.5 Å². The Hall–Kier alpha value is -0.830. The van der Waals surface area contributed by atoms with Crippen molar-refractivity contribution < 1.29 is 0 Å². The van der Waals surface area contributed by atoms with Crippen molar-refractivity contribution in [3.63, 3.8) is 0 Å². The number of hydrogen-bond donors (Lipinski definition) is 1. The molecule has 1 aliphatic rings. The highest BCUT2D eigenvalue weighted by Crippen LogP contribution is 2.37. The summed E-state index contributed by atoms with van der Waals surface area (Å²) in [5.41, 5.74) is 7.35. The van der Waals surface area contributed by atoms with Gasteiger partial charge in [0.15, 0.2) is 0 Å². The van der Waals surface area contributed by atoms with Crippen LogP contribution in [0.1, 0.15) is 64.2 Å². The molecule has 0 aromatic carbocycles. The smallest absolute Gasteiger partial charge is 0.0951 e. The van der Waals surface area contributed by atoms with Crippen LogP contribution in [0.5, 0.6) is 0 Å². The maximum absolute atomic E-state index is 6.15. The molecular weight excluding hydrogens is 210 g/mol. The average molecular weight is 235 g/mol. The van der Waals surface area contributed by atoms with Crippen molar-refractivity contribution in [2.24, 2.45) is 17.6 Å². The number of aromatic nitrogens is 2. The summed E-state index contributed by atoms with van der Waals surface area (Å²) in [6, 6.07) is 0.739. The first-order valence-electron chi connectivity index (χ1n) is 6.90. The van der Waals surface area contributed by atoms with Crippen LogP contribution >= 0.6 is 0 Å². The Bertz CT molecular complexity index is 358. The number of hydrogen-bond acceptors (Lipinski definition) is 2. The van der Waals surface area contributed by atoms with E-state index in [2.05, 4.69) is 30.3 Å². The van der Waals surface area contributed by atoms with Crippen molar-refractivity contribution >= 4 is 0 Å². The topological polar surface area (TPSA) is 43.8 Å². The predicted molar refractivity (Wildman–Crippen MR) is 70.7 cm³/mol. The van der Waals surface area contributed by atoms with Crippen molar-refractivity contribution in [1.82, 2.24) is 9.55 Å². The Kier molecular flexibility index (Phi) is 3.87. The molecule has 3 nitrogen and oxygen atoms in total. The lowest BCUT2D eigenvalue weighted by Gasteiger charge is -2.34. The zero-order valence-corrected chi connectivity index (χ0v) is 11.3. The summed E-state index contributed by atoms with van der Waals surface area (Å²) in [4.78, 5) is 4.29. The number of imidazole rings is 1. The summed E-state index contributed by atoms with van der Waals surface area (Å²) in [5, 5.41) is 0. The molecule has 3 unspecified atom stereocenters. The lowest BCUT2D eigenvalue weighted by Crippen LogP contribution is -2.25. The van der Waals surface area contributed by atoms with Gasteiger partial charge >= 0.3 is 0 Å². The monoisotopic (exact) mass is 235 g/mol. The summed E-state index contributed by atoms with van der Waals surface area (Å²) < 4.78 is 2.33. The van der Waals surface area contributed by atoms with E-state index in [0.717, 1.165) is 18.3 Å². The first-order valence-corrected chi connectivity index (χ1v) is 6.90. The van der Waals surface area contributed by atoms with Gasteiger partial charge in [-0.05, 0) is 37.5 Å². The molecule has 3 heteroatoms. The van der Waals surface area contributed by atoms with Crippen LogP contribution in [0.3, 0.4) is 0 Å². The minimum Gasteiger partial charge on any atom is -0.330 e. The van der Waals surface area contributed by atoms with Crippen LogP contribution < -0.4 is 5.73 Å². The third-order valence-electron chi connectivity index (χ3n) is 4.48. The molecule has 1 heterocycles. The van der Waals surface area contributed by atoms with E-state index in [4.69, 9.17) is 5.73 Å². The molecule has 1 aliphatic carbocycles. The highest BCUT2D eigenvalue weighted by molar-refractivity contribution is 5.06. The van der Waals surface area contributed by atoms with Gasteiger partial charge in [0, 0.05) is 18.3 Å². The molecular formula is C14H25N3. The summed E-state index contributed by atoms with van der Waals surface area (Å²) in [6.07, 6.45) is 8.75. The largest absolute Gasteiger partial charge is 0.330 e. The standard InChI is InChI=1S/C14H25N3/c1-4-13(15)14-8-16-9-17(14)12-6-5-10(2)11(3)7-12/h8-13H,4-7,15H2,1-3H3/t10?,11?,12?,13-/m1/s1. The first kappa shape index (κ1) is 12.6. The fourth-order valence-electron chi connectivity index (χ4n) is 2.89. The normalized spacial score (nSPS) is 31.4. The molecule has 2 rings (SSSR count). The van der Waals surface area contributed by atoms with Crippen LogP contribution in [-0.4, -0.2) is 9.55 Å². The van der Waals surface area contributed by atoms with Gasteiger partial charge in [0.1, 0.15) is 0 Å². The van der Waals surface area contributed by atoms with E-state index in [0.29, 0.717) is 6.04 Å². The quantitative estimate of drug-likeness (QED) is 0.873. The maximum Gasteiger partial charge on any atom is 0.0951 e. The molecule has 0 amide bonds. The van der Waals surface area contributed by atoms with Gasteiger partial charge in [0.2, 0.25) is 0 Å². The van der Waals surface area contributed by atoms with E-state index < -0.39 is 0 Å². The predicted octanol–water partition coefficient (Wildman–Crippen LogP) is 3.29. The summed E-state index contributed by atoms with van der Waals surface area (Å²) in [6.45, 7) is 6.87. The fraction of sp³-hybridized carbons (Fsp3) is 0.786. The molecule has 0 bridgehead atoms. The van der Waals surface area contributed by atoms with Gasteiger partial charge in [0.05, 0.1) is 12.0 Å². The zero-order valence-electron chi connectivity index (χ0n) is 11.3. The van der Waals surface area contributed by atoms with Gasteiger partial charge in [-0.2, -0.15) is 0 Å². The van der Waals surface area contributed by atoms with Crippen molar-refractivity contribution in [3.05, 3.63) is 18.2 Å². The van der Waals surface area contributed by atoms with Crippen LogP contribution in [0.4, 0.5) is 0 Å². The Morgan fingerprint density at radius 2 is 2.18 bits per heavy atom. The van der Waals surface area contributed by atoms with Gasteiger partial charge in [-0.25, -0.2) is 4.98 Å². The summed E-state index contributed by atoms with van der Waals surface area (Å²) in [5.74, 6) is 1.67. The molecule has 0 aliphatic heterocycles. The summed E-state index contributed by atoms with van der Waals surface area (Å²) >= 11 is 0. The minimum absolute atomic E-state index is 0.132. The second-order valence-electron chi connectivity index (χ2n) is 5.66. The average Bonchev–Trinajstić information content (AvgIpc) is 2.80. The Morgan fingerprint density at radius 3 is 2.82 bits per heavy atom. The number of nitrogens with zero attached hydrogens (tertiary/aromatic N) is 2. The maximum atomic E-state index is 6.15. The van der Waals surface area contributed by atoms with Crippen LogP contribution in [0, 0.1) is 11.8 Å². The van der Waals surface area contributed by atoms with Gasteiger partial charge in [-0.15, -0.1) is 0 Å². The SMILES string of the molecule is CC[C@@H](N)c1cncn1C1CCC(C)C(C)C1. The lowest BCUT2D eigenvalue weighted by molar-refractivity contribution is 0.207. The Labute approximate surface area is 104 Å². The van der Waals surface area contributed by atoms with Gasteiger partial charge < -0.3 is 10.3 Å². The zero-order chi connectivity index (χ0) is 12.4. The number of rotatable bonds is 3. The molecule has 96 valence electrons. The molecule has 0 spiro atoms. The van der Waals surface area contributed by atoms with Crippen molar-refractivity contribution in [3.8, 4) is 0 Å². The fourth-order valence-corrected chi connectivity index (χ4v) is 2.89. The molecule has 1 saturated carbocycles. The third-order valence-corrected chi connectivity index (χ3v) is 4.48. The van der Waals surface area contributed by atoms with Crippen molar-refractivity contribution in [1.29, 1.82) is 0 Å². The van der Waals surface area contributed by atoms with Crippen LogP contribution in [-0.2, 0) is 0 Å². The van der Waals surface area contributed by atoms with E-state index in [1.54, 1.807) is 0 Å². The molecule has 0 radical (unpaired) electrons. The van der Waals surface area contributed by atoms with Gasteiger partial charge in [0.25, 0.3) is 0 Å². The highest BCUT2D eigenvalue weighted by atomic mass is 15.1. The second-order valence-corrected chi connectivity index (χ2v) is 5.66. The van der Waals surface area contributed by atoms with Gasteiger partial charge in [-0.1, -0.05) is 20.8 Å². The molecule has 1 fully saturated rings. The second kappa shape index (κ2) is 5.21. The first-order chi connectivity index (χ1) is 8.13. The molecule has 17 heavy (non-hydrogen) atoms. The van der Waals surface area contributed by atoms with E-state index in [1.165, 1.54) is 25.0 Å². The Morgan fingerprint density at radius 1 is 1.41 bits per heavy atom. The molecule has 0 saturated heterocycles. The van der Waals surface area contributed by atoms with Crippen molar-refractivity contribution in [2.45, 2.75) is 58.5 Å². The van der Waals surface area contributed by atoms with Crippen LogP contribution in [0.15, 0.2) is 12.5 Å².